The van der Waals surface area contributed by atoms with E-state index in [1.54, 1.807) is 30.3 Å². The Bertz CT molecular complexity index is 736. The van der Waals surface area contributed by atoms with Gasteiger partial charge in [0.05, 0.1) is 29.2 Å². The summed E-state index contributed by atoms with van der Waals surface area (Å²) in [5.41, 5.74) is 8.61. The van der Waals surface area contributed by atoms with E-state index in [0.29, 0.717) is 22.8 Å². The number of anilines is 1. The van der Waals surface area contributed by atoms with Crippen LogP contribution in [-0.4, -0.2) is 11.3 Å². The summed E-state index contributed by atoms with van der Waals surface area (Å²) in [5.74, 6) is 0.869. The molecule has 2 rings (SSSR count). The van der Waals surface area contributed by atoms with Crippen molar-refractivity contribution in [1.82, 2.24) is 0 Å². The molecule has 2 N–H and O–H groups in total. The molecule has 0 heterocycles. The topological polar surface area (TPSA) is 76.1 Å². The molecule has 1 atom stereocenters. The van der Waals surface area contributed by atoms with Gasteiger partial charge < -0.3 is 10.5 Å². The Labute approximate surface area is 126 Å². The number of ether oxygens (including phenoxy) is 1. The van der Waals surface area contributed by atoms with Crippen LogP contribution in [0.5, 0.6) is 5.75 Å². The van der Waals surface area contributed by atoms with Crippen molar-refractivity contribution in [3.63, 3.8) is 0 Å². The second-order valence-corrected chi connectivity index (χ2v) is 6.08. The third-order valence-electron chi connectivity index (χ3n) is 3.13. The van der Waals surface area contributed by atoms with Gasteiger partial charge in [0.25, 0.3) is 0 Å². The highest BCUT2D eigenvalue weighted by Gasteiger charge is 2.10. The zero-order valence-corrected chi connectivity index (χ0v) is 12.7. The zero-order chi connectivity index (χ0) is 15.4. The summed E-state index contributed by atoms with van der Waals surface area (Å²) in [7, 11) is 0.348. The first kappa shape index (κ1) is 15.1. The van der Waals surface area contributed by atoms with Gasteiger partial charge in [0, 0.05) is 10.6 Å². The first-order chi connectivity index (χ1) is 10.0. The molecule has 21 heavy (non-hydrogen) atoms. The molecule has 1 unspecified atom stereocenters. The van der Waals surface area contributed by atoms with E-state index in [4.69, 9.17) is 15.7 Å². The minimum atomic E-state index is -1.17. The summed E-state index contributed by atoms with van der Waals surface area (Å²) < 4.78 is 17.6. The smallest absolute Gasteiger partial charge is 0.136 e. The highest BCUT2D eigenvalue weighted by atomic mass is 32.2. The van der Waals surface area contributed by atoms with Crippen LogP contribution in [0.4, 0.5) is 5.69 Å². The Balaban J connectivity index is 2.26. The Morgan fingerprint density at radius 1 is 1.29 bits per heavy atom. The molecule has 0 aromatic heterocycles. The molecule has 0 saturated carbocycles. The van der Waals surface area contributed by atoms with E-state index in [1.165, 1.54) is 7.11 Å². The van der Waals surface area contributed by atoms with Crippen molar-refractivity contribution < 1.29 is 8.95 Å². The average Bonchev–Trinajstić information content (AvgIpc) is 2.46. The summed E-state index contributed by atoms with van der Waals surface area (Å²) in [6.45, 7) is 1.89. The van der Waals surface area contributed by atoms with Crippen molar-refractivity contribution in [3.8, 4) is 11.8 Å². The molecule has 4 nitrogen and oxygen atoms in total. The third-order valence-corrected chi connectivity index (χ3v) is 4.67. The van der Waals surface area contributed by atoms with Crippen LogP contribution in [0.2, 0.25) is 0 Å². The van der Waals surface area contributed by atoms with Gasteiger partial charge in [-0.2, -0.15) is 5.26 Å². The predicted octanol–water partition coefficient (Wildman–Crippen LogP) is 2.77. The monoisotopic (exact) mass is 300 g/mol. The molecular formula is C16H16N2O2S. The SMILES string of the molecule is COc1cc(CS(=O)c2ccc(N)cc2C)ccc1C#N. The van der Waals surface area contributed by atoms with E-state index < -0.39 is 10.8 Å². The Kier molecular flexibility index (Phi) is 4.61. The summed E-state index contributed by atoms with van der Waals surface area (Å²) in [6, 6.07) is 12.6. The molecule has 0 spiro atoms. The number of nitrogen functional groups attached to an aromatic ring is 1. The maximum absolute atomic E-state index is 12.5. The molecule has 0 fully saturated rings. The van der Waals surface area contributed by atoms with Crippen LogP contribution in [0.3, 0.4) is 0 Å². The van der Waals surface area contributed by atoms with Gasteiger partial charge in [-0.05, 0) is 48.4 Å². The lowest BCUT2D eigenvalue weighted by molar-refractivity contribution is 0.413. The largest absolute Gasteiger partial charge is 0.495 e. The summed E-state index contributed by atoms with van der Waals surface area (Å²) in [6.07, 6.45) is 0. The number of nitrogens with two attached hydrogens (primary N) is 1. The predicted molar refractivity (Wildman–Crippen MR) is 83.4 cm³/mol. The standard InChI is InChI=1S/C16H16N2O2S/c1-11-7-14(18)5-6-16(11)21(19)10-12-3-4-13(9-17)15(8-12)20-2/h3-8H,10,18H2,1-2H3. The van der Waals surface area contributed by atoms with E-state index in [0.717, 1.165) is 16.0 Å². The van der Waals surface area contributed by atoms with Gasteiger partial charge in [-0.25, -0.2) is 0 Å². The van der Waals surface area contributed by atoms with Gasteiger partial charge >= 0.3 is 0 Å². The van der Waals surface area contributed by atoms with Gasteiger partial charge in [0.1, 0.15) is 11.8 Å². The number of rotatable bonds is 4. The Hall–Kier alpha value is -2.32. The quantitative estimate of drug-likeness (QED) is 0.881. The minimum absolute atomic E-state index is 0.368. The molecule has 5 heteroatoms. The fraction of sp³-hybridized carbons (Fsp3) is 0.188. The van der Waals surface area contributed by atoms with Crippen molar-refractivity contribution in [2.45, 2.75) is 17.6 Å². The van der Waals surface area contributed by atoms with Gasteiger partial charge in [-0.15, -0.1) is 0 Å². The van der Waals surface area contributed by atoms with E-state index in [9.17, 15) is 4.21 Å². The van der Waals surface area contributed by atoms with Crippen molar-refractivity contribution in [2.24, 2.45) is 0 Å². The summed E-state index contributed by atoms with van der Waals surface area (Å²) in [5, 5.41) is 8.96. The van der Waals surface area contributed by atoms with Crippen LogP contribution < -0.4 is 10.5 Å². The maximum atomic E-state index is 12.5. The molecule has 2 aromatic rings. The Morgan fingerprint density at radius 2 is 2.05 bits per heavy atom. The van der Waals surface area contributed by atoms with E-state index >= 15 is 0 Å². The normalized spacial score (nSPS) is 11.7. The highest BCUT2D eigenvalue weighted by Crippen LogP contribution is 2.23. The van der Waals surface area contributed by atoms with Crippen molar-refractivity contribution in [1.29, 1.82) is 5.26 Å². The van der Waals surface area contributed by atoms with Crippen LogP contribution in [0.15, 0.2) is 41.3 Å². The molecule has 0 aliphatic heterocycles. The first-order valence-corrected chi connectivity index (χ1v) is 7.68. The molecule has 0 aliphatic rings. The van der Waals surface area contributed by atoms with Crippen LogP contribution in [0.25, 0.3) is 0 Å². The molecule has 2 aromatic carbocycles. The number of nitriles is 1. The summed E-state index contributed by atoms with van der Waals surface area (Å²) >= 11 is 0. The second-order valence-electron chi connectivity index (χ2n) is 4.66. The van der Waals surface area contributed by atoms with E-state index in [2.05, 4.69) is 6.07 Å². The molecule has 0 saturated heterocycles. The fourth-order valence-electron chi connectivity index (χ4n) is 2.07. The molecule has 108 valence electrons. The number of methoxy groups -OCH3 is 1. The van der Waals surface area contributed by atoms with Crippen LogP contribution in [-0.2, 0) is 16.6 Å². The maximum Gasteiger partial charge on any atom is 0.136 e. The molecule has 0 radical (unpaired) electrons. The van der Waals surface area contributed by atoms with Gasteiger partial charge in [0.15, 0.2) is 0 Å². The molecular weight excluding hydrogens is 284 g/mol. The molecule has 0 bridgehead atoms. The van der Waals surface area contributed by atoms with Crippen LogP contribution in [0.1, 0.15) is 16.7 Å². The minimum Gasteiger partial charge on any atom is -0.495 e. The Morgan fingerprint density at radius 3 is 2.67 bits per heavy atom. The second kappa shape index (κ2) is 6.42. The lowest BCUT2D eigenvalue weighted by atomic mass is 10.1. The molecule has 0 aliphatic carbocycles. The van der Waals surface area contributed by atoms with Crippen molar-refractivity contribution >= 4 is 16.5 Å². The van der Waals surface area contributed by atoms with Gasteiger partial charge in [-0.3, -0.25) is 4.21 Å². The zero-order valence-electron chi connectivity index (χ0n) is 11.9. The van der Waals surface area contributed by atoms with Gasteiger partial charge in [-0.1, -0.05) is 6.07 Å². The number of benzene rings is 2. The summed E-state index contributed by atoms with van der Waals surface area (Å²) in [4.78, 5) is 0.771. The van der Waals surface area contributed by atoms with E-state index in [-0.39, 0.29) is 0 Å². The van der Waals surface area contributed by atoms with Crippen LogP contribution in [0, 0.1) is 18.3 Å². The van der Waals surface area contributed by atoms with Crippen LogP contribution >= 0.6 is 0 Å². The van der Waals surface area contributed by atoms with Crippen molar-refractivity contribution in [3.05, 3.63) is 53.1 Å². The number of aryl methyl sites for hydroxylation is 1. The third kappa shape index (κ3) is 3.41. The van der Waals surface area contributed by atoms with Crippen molar-refractivity contribution in [2.75, 3.05) is 12.8 Å². The number of hydrogen-bond donors (Lipinski definition) is 1. The first-order valence-electron chi connectivity index (χ1n) is 6.36. The lowest BCUT2D eigenvalue weighted by Gasteiger charge is -2.09. The average molecular weight is 300 g/mol. The lowest BCUT2D eigenvalue weighted by Crippen LogP contribution is -2.00. The fourth-order valence-corrected chi connectivity index (χ4v) is 3.35. The number of nitrogens with zero attached hydrogens (tertiary/aromatic N) is 1. The molecule has 0 amide bonds. The highest BCUT2D eigenvalue weighted by molar-refractivity contribution is 7.84. The van der Waals surface area contributed by atoms with E-state index in [1.807, 2.05) is 13.0 Å². The van der Waals surface area contributed by atoms with Gasteiger partial charge in [0.2, 0.25) is 0 Å². The number of hydrogen-bond acceptors (Lipinski definition) is 4.